The van der Waals surface area contributed by atoms with E-state index in [1.54, 1.807) is 6.08 Å². The Morgan fingerprint density at radius 3 is 2.44 bits per heavy atom. The van der Waals surface area contributed by atoms with Gasteiger partial charge in [0.05, 0.1) is 0 Å². The molecule has 1 fully saturated rings. The molecule has 0 bridgehead atoms. The van der Waals surface area contributed by atoms with E-state index in [1.807, 2.05) is 6.08 Å². The monoisotopic (exact) mass is 223 g/mol. The van der Waals surface area contributed by atoms with Gasteiger partial charge >= 0.3 is 0 Å². The molecule has 0 spiro atoms. The van der Waals surface area contributed by atoms with Crippen molar-refractivity contribution in [2.45, 2.75) is 39.5 Å². The molecule has 0 N–H and O–H groups in total. The molecule has 16 heavy (non-hydrogen) atoms. The van der Waals surface area contributed by atoms with Crippen LogP contribution < -0.4 is 0 Å². The highest BCUT2D eigenvalue weighted by molar-refractivity contribution is 5.21. The van der Waals surface area contributed by atoms with Crippen LogP contribution in [0.4, 0.5) is 4.39 Å². The van der Waals surface area contributed by atoms with Crippen LogP contribution in [-0.4, -0.2) is 24.5 Å². The summed E-state index contributed by atoms with van der Waals surface area (Å²) < 4.78 is 12.8. The van der Waals surface area contributed by atoms with Crippen molar-refractivity contribution in [3.63, 3.8) is 0 Å². The summed E-state index contributed by atoms with van der Waals surface area (Å²) in [6.07, 6.45) is 7.67. The number of halogens is 1. The highest BCUT2D eigenvalue weighted by Crippen LogP contribution is 2.30. The van der Waals surface area contributed by atoms with E-state index in [0.29, 0.717) is 11.8 Å². The van der Waals surface area contributed by atoms with Crippen molar-refractivity contribution >= 4 is 0 Å². The van der Waals surface area contributed by atoms with Gasteiger partial charge in [0, 0.05) is 13.0 Å². The molecule has 0 radical (unpaired) electrons. The van der Waals surface area contributed by atoms with Crippen LogP contribution in [0.3, 0.4) is 0 Å². The van der Waals surface area contributed by atoms with E-state index in [1.165, 1.54) is 31.5 Å². The highest BCUT2D eigenvalue weighted by Gasteiger charge is 2.25. The molecule has 0 aromatic carbocycles. The molecule has 2 heteroatoms. The van der Waals surface area contributed by atoms with Crippen LogP contribution in [0.1, 0.15) is 39.5 Å². The summed E-state index contributed by atoms with van der Waals surface area (Å²) in [6.45, 7) is 8.12. The molecule has 0 saturated carbocycles. The molecule has 0 aromatic rings. The van der Waals surface area contributed by atoms with Crippen LogP contribution in [-0.2, 0) is 0 Å². The normalized spacial score (nSPS) is 26.2. The van der Waals surface area contributed by atoms with Gasteiger partial charge in [0.15, 0.2) is 0 Å². The standard InChI is InChI=1S/C14H22FN/c1-14(2)7-9-16(10-8-14)11-12-3-5-13(15)6-4-12/h3,5H,4,6-11H2,1-2H3. The topological polar surface area (TPSA) is 3.24 Å². The van der Waals surface area contributed by atoms with E-state index in [9.17, 15) is 4.39 Å². The van der Waals surface area contributed by atoms with Crippen molar-refractivity contribution in [3.8, 4) is 0 Å². The van der Waals surface area contributed by atoms with Gasteiger partial charge in [-0.3, -0.25) is 4.90 Å². The molecule has 0 amide bonds. The van der Waals surface area contributed by atoms with Gasteiger partial charge in [0.25, 0.3) is 0 Å². The van der Waals surface area contributed by atoms with Gasteiger partial charge in [-0.15, -0.1) is 0 Å². The van der Waals surface area contributed by atoms with Crippen molar-refractivity contribution in [2.24, 2.45) is 5.41 Å². The van der Waals surface area contributed by atoms with E-state index in [2.05, 4.69) is 18.7 Å². The lowest BCUT2D eigenvalue weighted by Gasteiger charge is -2.37. The van der Waals surface area contributed by atoms with Gasteiger partial charge in [0.2, 0.25) is 0 Å². The molecule has 2 aliphatic rings. The Labute approximate surface area is 98.0 Å². The molecule has 1 aliphatic carbocycles. The molecular weight excluding hydrogens is 201 g/mol. The van der Waals surface area contributed by atoms with Crippen molar-refractivity contribution in [1.29, 1.82) is 0 Å². The fourth-order valence-corrected chi connectivity index (χ4v) is 2.39. The number of hydrogen-bond donors (Lipinski definition) is 0. The van der Waals surface area contributed by atoms with E-state index < -0.39 is 0 Å². The van der Waals surface area contributed by atoms with Crippen LogP contribution in [0.5, 0.6) is 0 Å². The first-order valence-corrected chi connectivity index (χ1v) is 6.32. The third-order valence-corrected chi connectivity index (χ3v) is 3.82. The average Bonchev–Trinajstić information content (AvgIpc) is 2.24. The number of nitrogens with zero attached hydrogens (tertiary/aromatic N) is 1. The SMILES string of the molecule is CC1(C)CCN(CC2=CC=C(F)CC2)CC1. The zero-order chi connectivity index (χ0) is 11.6. The summed E-state index contributed by atoms with van der Waals surface area (Å²) in [6, 6.07) is 0. The molecule has 0 unspecified atom stereocenters. The van der Waals surface area contributed by atoms with Crippen LogP contribution in [0.15, 0.2) is 23.6 Å². The Morgan fingerprint density at radius 1 is 1.19 bits per heavy atom. The zero-order valence-electron chi connectivity index (χ0n) is 10.4. The minimum absolute atomic E-state index is 0.0310. The first kappa shape index (κ1) is 11.8. The van der Waals surface area contributed by atoms with E-state index in [4.69, 9.17) is 0 Å². The molecule has 1 saturated heterocycles. The lowest BCUT2D eigenvalue weighted by atomic mass is 9.82. The largest absolute Gasteiger partial charge is 0.299 e. The average molecular weight is 223 g/mol. The van der Waals surface area contributed by atoms with Gasteiger partial charge in [-0.1, -0.05) is 25.5 Å². The van der Waals surface area contributed by atoms with Crippen molar-refractivity contribution in [2.75, 3.05) is 19.6 Å². The van der Waals surface area contributed by atoms with Crippen LogP contribution in [0.25, 0.3) is 0 Å². The van der Waals surface area contributed by atoms with Crippen LogP contribution >= 0.6 is 0 Å². The number of allylic oxidation sites excluding steroid dienone is 3. The Bertz CT molecular complexity index is 305. The Balaban J connectivity index is 1.83. The third kappa shape index (κ3) is 3.18. The number of likely N-dealkylation sites (tertiary alicyclic amines) is 1. The maximum absolute atomic E-state index is 12.8. The molecule has 90 valence electrons. The van der Waals surface area contributed by atoms with Crippen molar-refractivity contribution in [1.82, 2.24) is 4.90 Å². The predicted molar refractivity (Wildman–Crippen MR) is 66.0 cm³/mol. The first-order valence-electron chi connectivity index (χ1n) is 6.32. The second kappa shape index (κ2) is 4.70. The van der Waals surface area contributed by atoms with Crippen LogP contribution in [0.2, 0.25) is 0 Å². The minimum atomic E-state index is 0.0310. The van der Waals surface area contributed by atoms with E-state index >= 15 is 0 Å². The highest BCUT2D eigenvalue weighted by atomic mass is 19.1. The molecule has 0 aromatic heterocycles. The molecular formula is C14H22FN. The predicted octanol–water partition coefficient (Wildman–Crippen LogP) is 3.68. The second-order valence-electron chi connectivity index (χ2n) is 5.88. The Morgan fingerprint density at radius 2 is 1.88 bits per heavy atom. The summed E-state index contributed by atoms with van der Waals surface area (Å²) in [4.78, 5) is 2.51. The van der Waals surface area contributed by atoms with E-state index in [-0.39, 0.29) is 5.83 Å². The molecule has 1 nitrogen and oxygen atoms in total. The van der Waals surface area contributed by atoms with Crippen molar-refractivity contribution < 1.29 is 4.39 Å². The smallest absolute Gasteiger partial charge is 0.100 e. The third-order valence-electron chi connectivity index (χ3n) is 3.82. The Hall–Kier alpha value is -0.630. The summed E-state index contributed by atoms with van der Waals surface area (Å²) in [5.41, 5.74) is 1.91. The number of rotatable bonds is 2. The maximum atomic E-state index is 12.8. The fraction of sp³-hybridized carbons (Fsp3) is 0.714. The van der Waals surface area contributed by atoms with Crippen molar-refractivity contribution in [3.05, 3.63) is 23.6 Å². The number of hydrogen-bond acceptors (Lipinski definition) is 1. The summed E-state index contributed by atoms with van der Waals surface area (Å²) >= 11 is 0. The quantitative estimate of drug-likeness (QED) is 0.690. The van der Waals surface area contributed by atoms with Gasteiger partial charge in [-0.2, -0.15) is 0 Å². The molecule has 0 atom stereocenters. The zero-order valence-corrected chi connectivity index (χ0v) is 10.4. The van der Waals surface area contributed by atoms with Gasteiger partial charge < -0.3 is 0 Å². The maximum Gasteiger partial charge on any atom is 0.100 e. The summed E-state index contributed by atoms with van der Waals surface area (Å²) in [5, 5.41) is 0. The summed E-state index contributed by atoms with van der Waals surface area (Å²) in [5.74, 6) is 0.0310. The van der Waals surface area contributed by atoms with Crippen LogP contribution in [0, 0.1) is 5.41 Å². The van der Waals surface area contributed by atoms with Gasteiger partial charge in [-0.25, -0.2) is 4.39 Å². The van der Waals surface area contributed by atoms with Gasteiger partial charge in [-0.05, 0) is 43.8 Å². The second-order valence-corrected chi connectivity index (χ2v) is 5.88. The molecule has 1 aliphatic heterocycles. The minimum Gasteiger partial charge on any atom is -0.299 e. The lowest BCUT2D eigenvalue weighted by molar-refractivity contribution is 0.140. The van der Waals surface area contributed by atoms with Gasteiger partial charge in [0.1, 0.15) is 5.83 Å². The Kier molecular flexibility index (Phi) is 3.48. The summed E-state index contributed by atoms with van der Waals surface area (Å²) in [7, 11) is 0. The number of piperidine rings is 1. The fourth-order valence-electron chi connectivity index (χ4n) is 2.39. The van der Waals surface area contributed by atoms with E-state index in [0.717, 1.165) is 13.0 Å². The lowest BCUT2D eigenvalue weighted by Crippen LogP contribution is -2.38. The first-order chi connectivity index (χ1) is 7.55. The molecule has 1 heterocycles. The molecule has 2 rings (SSSR count).